The highest BCUT2D eigenvalue weighted by atomic mass is 16.4. The van der Waals surface area contributed by atoms with Crippen molar-refractivity contribution in [2.45, 2.75) is 26.7 Å². The molecule has 0 atom stereocenters. The molecular formula is C9H12O3. The van der Waals surface area contributed by atoms with Gasteiger partial charge < -0.3 is 9.52 Å². The molecule has 0 saturated heterocycles. The molecule has 66 valence electrons. The number of rotatable bonds is 2. The zero-order valence-corrected chi connectivity index (χ0v) is 7.42. The highest BCUT2D eigenvalue weighted by molar-refractivity contribution is 5.88. The van der Waals surface area contributed by atoms with Gasteiger partial charge in [-0.2, -0.15) is 0 Å². The number of hydrogen-bond acceptors (Lipinski definition) is 2. The molecule has 3 heteroatoms. The molecule has 0 amide bonds. The van der Waals surface area contributed by atoms with Crippen molar-refractivity contribution in [1.29, 1.82) is 0 Å². The minimum absolute atomic E-state index is 0.233. The van der Waals surface area contributed by atoms with Gasteiger partial charge in [0.2, 0.25) is 0 Å². The smallest absolute Gasteiger partial charge is 0.339 e. The quantitative estimate of drug-likeness (QED) is 0.737. The van der Waals surface area contributed by atoms with Gasteiger partial charge in [-0.05, 0) is 13.0 Å². The van der Waals surface area contributed by atoms with Gasteiger partial charge >= 0.3 is 5.97 Å². The second-order valence-electron chi connectivity index (χ2n) is 3.08. The van der Waals surface area contributed by atoms with Crippen LogP contribution < -0.4 is 0 Å². The number of aromatic carboxylic acids is 1. The minimum atomic E-state index is -0.928. The second-order valence-corrected chi connectivity index (χ2v) is 3.08. The number of hydrogen-bond donors (Lipinski definition) is 1. The highest BCUT2D eigenvalue weighted by Gasteiger charge is 2.14. The predicted molar refractivity (Wildman–Crippen MR) is 44.5 cm³/mol. The lowest BCUT2D eigenvalue weighted by Crippen LogP contribution is -1.95. The van der Waals surface area contributed by atoms with Crippen molar-refractivity contribution in [3.05, 3.63) is 23.2 Å². The zero-order valence-electron chi connectivity index (χ0n) is 7.42. The van der Waals surface area contributed by atoms with E-state index >= 15 is 0 Å². The minimum Gasteiger partial charge on any atom is -0.478 e. The molecule has 1 aromatic rings. The summed E-state index contributed by atoms with van der Waals surface area (Å²) in [5.41, 5.74) is 0.263. The number of aryl methyl sites for hydroxylation is 1. The SMILES string of the molecule is Cc1oc(C(C)C)cc1C(=O)O. The molecule has 0 saturated carbocycles. The first kappa shape index (κ1) is 8.84. The van der Waals surface area contributed by atoms with E-state index in [4.69, 9.17) is 9.52 Å². The fraction of sp³-hybridized carbons (Fsp3) is 0.444. The molecule has 3 nitrogen and oxygen atoms in total. The van der Waals surface area contributed by atoms with Crippen molar-refractivity contribution < 1.29 is 14.3 Å². The topological polar surface area (TPSA) is 50.4 Å². The number of furan rings is 1. The average molecular weight is 168 g/mol. The first-order valence-corrected chi connectivity index (χ1v) is 3.86. The van der Waals surface area contributed by atoms with E-state index in [1.165, 1.54) is 0 Å². The summed E-state index contributed by atoms with van der Waals surface area (Å²) in [6, 6.07) is 1.59. The second kappa shape index (κ2) is 3.01. The van der Waals surface area contributed by atoms with Gasteiger partial charge in [-0.1, -0.05) is 13.8 Å². The van der Waals surface area contributed by atoms with Crippen LogP contribution in [0.3, 0.4) is 0 Å². The molecule has 0 bridgehead atoms. The number of carboxylic acids is 1. The number of carbonyl (C=O) groups is 1. The van der Waals surface area contributed by atoms with E-state index in [-0.39, 0.29) is 11.5 Å². The Morgan fingerprint density at radius 2 is 2.17 bits per heavy atom. The molecule has 0 radical (unpaired) electrons. The van der Waals surface area contributed by atoms with Crippen molar-refractivity contribution in [3.63, 3.8) is 0 Å². The van der Waals surface area contributed by atoms with Crippen LogP contribution in [0.1, 0.15) is 41.6 Å². The third-order valence-electron chi connectivity index (χ3n) is 1.74. The molecule has 0 aliphatic rings. The summed E-state index contributed by atoms with van der Waals surface area (Å²) in [6.07, 6.45) is 0. The molecule has 0 fully saturated rings. The molecule has 12 heavy (non-hydrogen) atoms. The van der Waals surface area contributed by atoms with Gasteiger partial charge in [0, 0.05) is 5.92 Å². The van der Waals surface area contributed by atoms with Crippen LogP contribution in [0, 0.1) is 6.92 Å². The van der Waals surface area contributed by atoms with Crippen LogP contribution >= 0.6 is 0 Å². The summed E-state index contributed by atoms with van der Waals surface area (Å²) in [7, 11) is 0. The van der Waals surface area contributed by atoms with E-state index < -0.39 is 5.97 Å². The number of carboxylic acid groups (broad SMARTS) is 1. The molecule has 0 aliphatic heterocycles. The lowest BCUT2D eigenvalue weighted by atomic mass is 10.1. The van der Waals surface area contributed by atoms with Crippen LogP contribution in [0.2, 0.25) is 0 Å². The average Bonchev–Trinajstić information content (AvgIpc) is 2.30. The van der Waals surface area contributed by atoms with Crippen molar-refractivity contribution in [2.24, 2.45) is 0 Å². The van der Waals surface area contributed by atoms with Crippen LogP contribution in [-0.2, 0) is 0 Å². The standard InChI is InChI=1S/C9H12O3/c1-5(2)8-4-7(9(10)11)6(3)12-8/h4-5H,1-3H3,(H,10,11). The van der Waals surface area contributed by atoms with Gasteiger partial charge in [0.1, 0.15) is 17.1 Å². The van der Waals surface area contributed by atoms with E-state index in [0.717, 1.165) is 5.76 Å². The molecule has 1 heterocycles. The summed E-state index contributed by atoms with van der Waals surface area (Å²) in [4.78, 5) is 10.6. The molecule has 1 N–H and O–H groups in total. The summed E-state index contributed by atoms with van der Waals surface area (Å²) < 4.78 is 5.26. The monoisotopic (exact) mass is 168 g/mol. The molecule has 0 aliphatic carbocycles. The van der Waals surface area contributed by atoms with Gasteiger partial charge in [0.05, 0.1) is 0 Å². The van der Waals surface area contributed by atoms with E-state index in [1.54, 1.807) is 13.0 Å². The highest BCUT2D eigenvalue weighted by Crippen LogP contribution is 2.21. The van der Waals surface area contributed by atoms with Gasteiger partial charge in [-0.3, -0.25) is 0 Å². The lowest BCUT2D eigenvalue weighted by molar-refractivity contribution is 0.0695. The van der Waals surface area contributed by atoms with Gasteiger partial charge in [-0.15, -0.1) is 0 Å². The van der Waals surface area contributed by atoms with E-state index in [2.05, 4.69) is 0 Å². The third-order valence-corrected chi connectivity index (χ3v) is 1.74. The lowest BCUT2D eigenvalue weighted by Gasteiger charge is -1.95. The van der Waals surface area contributed by atoms with E-state index in [9.17, 15) is 4.79 Å². The Labute approximate surface area is 71.0 Å². The maximum Gasteiger partial charge on any atom is 0.339 e. The van der Waals surface area contributed by atoms with Crippen LogP contribution in [0.4, 0.5) is 0 Å². The van der Waals surface area contributed by atoms with Crippen LogP contribution in [0.15, 0.2) is 10.5 Å². The predicted octanol–water partition coefficient (Wildman–Crippen LogP) is 2.41. The molecule has 0 spiro atoms. The largest absolute Gasteiger partial charge is 0.478 e. The Morgan fingerprint density at radius 1 is 1.58 bits per heavy atom. The molecular weight excluding hydrogens is 156 g/mol. The summed E-state index contributed by atoms with van der Waals surface area (Å²) >= 11 is 0. The normalized spacial score (nSPS) is 10.7. The maximum absolute atomic E-state index is 10.6. The summed E-state index contributed by atoms with van der Waals surface area (Å²) in [5, 5.41) is 8.70. The molecule has 1 aromatic heterocycles. The Balaban J connectivity index is 3.09. The van der Waals surface area contributed by atoms with Crippen LogP contribution in [0.25, 0.3) is 0 Å². The van der Waals surface area contributed by atoms with Crippen molar-refractivity contribution in [3.8, 4) is 0 Å². The Hall–Kier alpha value is -1.25. The van der Waals surface area contributed by atoms with Crippen molar-refractivity contribution in [1.82, 2.24) is 0 Å². The first-order valence-electron chi connectivity index (χ1n) is 3.86. The molecule has 0 aromatic carbocycles. The van der Waals surface area contributed by atoms with Crippen molar-refractivity contribution in [2.75, 3.05) is 0 Å². The Morgan fingerprint density at radius 3 is 2.42 bits per heavy atom. The van der Waals surface area contributed by atoms with Crippen molar-refractivity contribution >= 4 is 5.97 Å². The summed E-state index contributed by atoms with van der Waals surface area (Å²) in [6.45, 7) is 5.59. The third kappa shape index (κ3) is 1.49. The van der Waals surface area contributed by atoms with Crippen LogP contribution in [0.5, 0.6) is 0 Å². The maximum atomic E-state index is 10.6. The van der Waals surface area contributed by atoms with Gasteiger partial charge in [-0.25, -0.2) is 4.79 Å². The molecule has 1 rings (SSSR count). The van der Waals surface area contributed by atoms with E-state index in [0.29, 0.717) is 5.76 Å². The van der Waals surface area contributed by atoms with Gasteiger partial charge in [0.25, 0.3) is 0 Å². The Bertz CT molecular complexity index is 297. The zero-order chi connectivity index (χ0) is 9.30. The first-order chi connectivity index (χ1) is 5.52. The summed E-state index contributed by atoms with van der Waals surface area (Å²) in [5.74, 6) is 0.510. The molecule has 0 unspecified atom stereocenters. The Kier molecular flexibility index (Phi) is 2.22. The fourth-order valence-electron chi connectivity index (χ4n) is 1.00. The van der Waals surface area contributed by atoms with Crippen LogP contribution in [-0.4, -0.2) is 11.1 Å². The fourth-order valence-corrected chi connectivity index (χ4v) is 1.00. The van der Waals surface area contributed by atoms with E-state index in [1.807, 2.05) is 13.8 Å². The van der Waals surface area contributed by atoms with Gasteiger partial charge in [0.15, 0.2) is 0 Å².